The third kappa shape index (κ3) is 9.01. The van der Waals surface area contributed by atoms with E-state index in [9.17, 15) is 14.4 Å². The van der Waals surface area contributed by atoms with E-state index in [0.29, 0.717) is 25.3 Å². The summed E-state index contributed by atoms with van der Waals surface area (Å²) >= 11 is 0.859. The fourth-order valence-electron chi connectivity index (χ4n) is 1.44. The molecule has 0 aromatic carbocycles. The third-order valence-corrected chi connectivity index (χ3v) is 3.47. The maximum atomic E-state index is 11.8. The van der Waals surface area contributed by atoms with Crippen LogP contribution in [0.3, 0.4) is 0 Å². The Kier molecular flexibility index (Phi) is 10.2. The van der Waals surface area contributed by atoms with Gasteiger partial charge in [-0.05, 0) is 12.3 Å². The van der Waals surface area contributed by atoms with Crippen molar-refractivity contribution in [3.8, 4) is 0 Å². The quantitative estimate of drug-likeness (QED) is 0.478. The van der Waals surface area contributed by atoms with Crippen molar-refractivity contribution < 1.29 is 14.4 Å². The van der Waals surface area contributed by atoms with Gasteiger partial charge in [-0.3, -0.25) is 9.59 Å². The van der Waals surface area contributed by atoms with Gasteiger partial charge in [0.15, 0.2) is 7.12 Å². The molecular weight excluding hydrogens is 275 g/mol. The second-order valence-electron chi connectivity index (χ2n) is 5.11. The minimum atomic E-state index is -0.523. The number of aldehydes is 1. The van der Waals surface area contributed by atoms with Crippen LogP contribution in [-0.4, -0.2) is 55.5 Å². The first-order chi connectivity index (χ1) is 9.40. The molecule has 0 saturated heterocycles. The van der Waals surface area contributed by atoms with Gasteiger partial charge in [-0.2, -0.15) is 0 Å². The molecule has 0 aromatic rings. The van der Waals surface area contributed by atoms with Gasteiger partial charge in [-0.15, -0.1) is 0 Å². The topological polar surface area (TPSA) is 66.5 Å². The normalized spacial score (nSPS) is 12.0. The first-order valence-corrected chi connectivity index (χ1v) is 7.66. The number of carbonyl (C=O) groups is 3. The van der Waals surface area contributed by atoms with Crippen LogP contribution in [0.4, 0.5) is 0 Å². The van der Waals surface area contributed by atoms with Crippen molar-refractivity contribution in [2.75, 3.05) is 20.1 Å². The zero-order chi connectivity index (χ0) is 15.5. The minimum Gasteiger partial charge on any atom is -0.356 e. The lowest BCUT2D eigenvalue weighted by atomic mass is 10.1. The molecule has 5 nitrogen and oxygen atoms in total. The lowest BCUT2D eigenvalue weighted by molar-refractivity contribution is -0.131. The Bertz CT molecular complexity index is 327. The van der Waals surface area contributed by atoms with Gasteiger partial charge in [-0.1, -0.05) is 13.8 Å². The van der Waals surface area contributed by atoms with E-state index in [2.05, 4.69) is 19.2 Å². The minimum absolute atomic E-state index is 0.0644. The second-order valence-corrected chi connectivity index (χ2v) is 5.99. The number of rotatable bonds is 10. The number of carbonyl (C=O) groups excluding carboxylic acids is 3. The predicted octanol–water partition coefficient (Wildman–Crippen LogP) is 0.771. The summed E-state index contributed by atoms with van der Waals surface area (Å²) < 4.78 is 0. The average molecular weight is 298 g/mol. The van der Waals surface area contributed by atoms with Crippen molar-refractivity contribution in [1.82, 2.24) is 10.2 Å². The third-order valence-electron chi connectivity index (χ3n) is 2.85. The molecule has 0 spiro atoms. The highest BCUT2D eigenvalue weighted by atomic mass is 32.2. The second kappa shape index (κ2) is 10.8. The van der Waals surface area contributed by atoms with Crippen LogP contribution in [0.5, 0.6) is 0 Å². The summed E-state index contributed by atoms with van der Waals surface area (Å²) in [5.41, 5.74) is 0. The molecule has 1 atom stereocenters. The van der Waals surface area contributed by atoms with Crippen molar-refractivity contribution in [1.29, 1.82) is 0 Å². The Balaban J connectivity index is 3.90. The van der Waals surface area contributed by atoms with Crippen molar-refractivity contribution in [2.45, 2.75) is 38.4 Å². The summed E-state index contributed by atoms with van der Waals surface area (Å²) in [5, 5.41) is 2.29. The number of nitrogens with one attached hydrogen (secondary N) is 1. The smallest absolute Gasteiger partial charge is 0.223 e. The van der Waals surface area contributed by atoms with Crippen LogP contribution in [-0.2, 0) is 14.4 Å². The monoisotopic (exact) mass is 298 g/mol. The van der Waals surface area contributed by atoms with E-state index in [1.54, 1.807) is 7.05 Å². The van der Waals surface area contributed by atoms with E-state index in [1.807, 2.05) is 0 Å². The van der Waals surface area contributed by atoms with E-state index >= 15 is 0 Å². The molecule has 0 aromatic heterocycles. The van der Waals surface area contributed by atoms with Gasteiger partial charge in [-0.25, -0.2) is 11.6 Å². The van der Waals surface area contributed by atoms with E-state index in [1.165, 1.54) is 4.90 Å². The molecule has 1 N–H and O–H groups in total. The van der Waals surface area contributed by atoms with Gasteiger partial charge in [0.1, 0.15) is 6.29 Å². The molecule has 0 bridgehead atoms. The molecular formula is C13H23BN2O3S. The maximum Gasteiger partial charge on any atom is 0.223 e. The SMILES string of the molecule is [B]SC(C=O)CC(=O)N(C)CCC(=O)NCCC(C)C. The highest BCUT2D eigenvalue weighted by Gasteiger charge is 2.15. The van der Waals surface area contributed by atoms with Gasteiger partial charge in [0.2, 0.25) is 11.8 Å². The van der Waals surface area contributed by atoms with Crippen molar-refractivity contribution in [3.63, 3.8) is 0 Å². The maximum absolute atomic E-state index is 11.8. The Hall–Kier alpha value is -0.975. The summed E-state index contributed by atoms with van der Waals surface area (Å²) in [6.45, 7) is 5.19. The van der Waals surface area contributed by atoms with Crippen LogP contribution in [0, 0.1) is 5.92 Å². The number of amides is 2. The van der Waals surface area contributed by atoms with Crippen LogP contribution < -0.4 is 5.32 Å². The molecule has 0 saturated carbocycles. The highest BCUT2D eigenvalue weighted by Crippen LogP contribution is 2.08. The summed E-state index contributed by atoms with van der Waals surface area (Å²) in [6.07, 6.45) is 1.93. The van der Waals surface area contributed by atoms with Crippen molar-refractivity contribution in [3.05, 3.63) is 0 Å². The summed E-state index contributed by atoms with van der Waals surface area (Å²) in [5.74, 6) is 0.300. The zero-order valence-corrected chi connectivity index (χ0v) is 13.2. The molecule has 0 heterocycles. The van der Waals surface area contributed by atoms with Gasteiger partial charge >= 0.3 is 0 Å². The first kappa shape index (κ1) is 19.0. The molecule has 7 heteroatoms. The van der Waals surface area contributed by atoms with Crippen LogP contribution >= 0.6 is 11.6 Å². The molecule has 112 valence electrons. The van der Waals surface area contributed by atoms with Crippen LogP contribution in [0.25, 0.3) is 0 Å². The summed E-state index contributed by atoms with van der Waals surface area (Å²) in [7, 11) is 6.90. The van der Waals surface area contributed by atoms with Crippen molar-refractivity contribution >= 4 is 36.8 Å². The molecule has 2 radical (unpaired) electrons. The zero-order valence-electron chi connectivity index (χ0n) is 12.4. The Morgan fingerprint density at radius 2 is 2.05 bits per heavy atom. The molecule has 2 amide bonds. The lowest BCUT2D eigenvalue weighted by Crippen LogP contribution is -2.34. The van der Waals surface area contributed by atoms with Crippen LogP contribution in [0.15, 0.2) is 0 Å². The van der Waals surface area contributed by atoms with Crippen molar-refractivity contribution in [2.24, 2.45) is 5.92 Å². The number of hydrogen-bond donors (Lipinski definition) is 1. The first-order valence-electron chi connectivity index (χ1n) is 6.72. The summed E-state index contributed by atoms with van der Waals surface area (Å²) in [4.78, 5) is 35.4. The van der Waals surface area contributed by atoms with E-state index in [-0.39, 0.29) is 24.7 Å². The molecule has 0 aliphatic heterocycles. The molecule has 0 aliphatic rings. The predicted molar refractivity (Wildman–Crippen MR) is 82.5 cm³/mol. The van der Waals surface area contributed by atoms with Crippen LogP contribution in [0.1, 0.15) is 33.1 Å². The fraction of sp³-hybridized carbons (Fsp3) is 0.769. The number of hydrogen-bond acceptors (Lipinski definition) is 4. The average Bonchev–Trinajstić information content (AvgIpc) is 2.41. The summed E-state index contributed by atoms with van der Waals surface area (Å²) in [6, 6.07) is 0. The molecule has 0 rings (SSSR count). The van der Waals surface area contributed by atoms with Gasteiger partial charge < -0.3 is 15.0 Å². The fourth-order valence-corrected chi connectivity index (χ4v) is 1.74. The largest absolute Gasteiger partial charge is 0.356 e. The van der Waals surface area contributed by atoms with Crippen LogP contribution in [0.2, 0.25) is 0 Å². The Morgan fingerprint density at radius 1 is 1.40 bits per heavy atom. The Morgan fingerprint density at radius 3 is 2.55 bits per heavy atom. The van der Waals surface area contributed by atoms with E-state index < -0.39 is 5.25 Å². The van der Waals surface area contributed by atoms with Gasteiger partial charge in [0.05, 0.1) is 5.25 Å². The number of nitrogens with zero attached hydrogens (tertiary/aromatic N) is 1. The molecule has 0 aliphatic carbocycles. The molecule has 1 unspecified atom stereocenters. The Labute approximate surface area is 126 Å². The van der Waals surface area contributed by atoms with Gasteiger partial charge in [0, 0.05) is 33.0 Å². The molecule has 20 heavy (non-hydrogen) atoms. The van der Waals surface area contributed by atoms with E-state index in [0.717, 1.165) is 18.0 Å². The van der Waals surface area contributed by atoms with Gasteiger partial charge in [0.25, 0.3) is 0 Å². The standard InChI is InChI=1S/C13H23BN2O3S/c1-10(2)4-6-15-12(18)5-7-16(3)13(19)8-11(9-17)20-14/h9-11H,4-8H2,1-3H3,(H,15,18). The molecule has 0 fully saturated rings. The van der Waals surface area contributed by atoms with E-state index in [4.69, 9.17) is 7.12 Å². The highest BCUT2D eigenvalue weighted by molar-refractivity contribution is 8.20. The lowest BCUT2D eigenvalue weighted by Gasteiger charge is -2.18.